The summed E-state index contributed by atoms with van der Waals surface area (Å²) in [7, 11) is 3.36. The van der Waals surface area contributed by atoms with Crippen molar-refractivity contribution in [3.05, 3.63) is 24.3 Å². The van der Waals surface area contributed by atoms with Crippen LogP contribution in [0, 0.1) is 11.8 Å². The van der Waals surface area contributed by atoms with Gasteiger partial charge in [-0.1, -0.05) is 32.8 Å². The highest BCUT2D eigenvalue weighted by Crippen LogP contribution is 2.29. The van der Waals surface area contributed by atoms with Crippen LogP contribution in [0.4, 0.5) is 5.69 Å². The average Bonchev–Trinajstić information content (AvgIpc) is 2.58. The van der Waals surface area contributed by atoms with E-state index in [9.17, 15) is 9.59 Å². The van der Waals surface area contributed by atoms with Gasteiger partial charge in [0.1, 0.15) is 5.75 Å². The molecule has 3 atom stereocenters. The molecule has 0 bridgehead atoms. The lowest BCUT2D eigenvalue weighted by atomic mass is 9.78. The number of hydrogen-bond acceptors (Lipinski definition) is 4. The van der Waals surface area contributed by atoms with E-state index < -0.39 is 0 Å². The number of nitrogens with one attached hydrogen (secondary N) is 2. The molecule has 0 saturated heterocycles. The zero-order chi connectivity index (χ0) is 19.1. The van der Waals surface area contributed by atoms with E-state index in [0.29, 0.717) is 23.3 Å². The number of ether oxygens (including phenoxy) is 1. The minimum atomic E-state index is -0.159. The molecule has 6 heteroatoms. The molecule has 1 aromatic carbocycles. The van der Waals surface area contributed by atoms with Crippen LogP contribution in [0.15, 0.2) is 24.3 Å². The van der Waals surface area contributed by atoms with Crippen molar-refractivity contribution in [2.24, 2.45) is 11.8 Å². The normalized spacial score (nSPS) is 22.7. The summed E-state index contributed by atoms with van der Waals surface area (Å²) in [6.07, 6.45) is 3.43. The van der Waals surface area contributed by atoms with E-state index in [4.69, 9.17) is 4.74 Å². The summed E-state index contributed by atoms with van der Waals surface area (Å²) in [5.41, 5.74) is 0.678. The molecule has 1 aliphatic rings. The number of nitrogens with zero attached hydrogens (tertiary/aromatic N) is 1. The van der Waals surface area contributed by atoms with Gasteiger partial charge in [0.15, 0.2) is 0 Å². The maximum absolute atomic E-state index is 12.3. The first-order valence-electron chi connectivity index (χ1n) is 9.31. The van der Waals surface area contributed by atoms with Gasteiger partial charge in [-0.15, -0.1) is 0 Å². The molecule has 2 N–H and O–H groups in total. The Bertz CT molecular complexity index is 620. The van der Waals surface area contributed by atoms with Crippen molar-refractivity contribution in [2.45, 2.75) is 39.2 Å². The summed E-state index contributed by atoms with van der Waals surface area (Å²) < 4.78 is 5.14. The van der Waals surface area contributed by atoms with E-state index in [1.54, 1.807) is 31.2 Å². The summed E-state index contributed by atoms with van der Waals surface area (Å²) in [5, 5.41) is 5.96. The molecular formula is C20H31N3O3. The van der Waals surface area contributed by atoms with E-state index >= 15 is 0 Å². The fraction of sp³-hybridized carbons (Fsp3) is 0.600. The minimum absolute atomic E-state index is 0.0207. The van der Waals surface area contributed by atoms with Crippen molar-refractivity contribution >= 4 is 17.5 Å². The summed E-state index contributed by atoms with van der Waals surface area (Å²) in [6.45, 7) is 4.82. The van der Waals surface area contributed by atoms with Gasteiger partial charge in [-0.2, -0.15) is 0 Å². The van der Waals surface area contributed by atoms with Crippen molar-refractivity contribution in [1.82, 2.24) is 10.2 Å². The SMILES string of the molecule is COc1cccc(NC(=O)CN(C)CC(=O)N[C@@H]2CCC[C@H](C)[C@H]2C)c1. The number of carbonyl (C=O) groups is 2. The van der Waals surface area contributed by atoms with Crippen LogP contribution in [0.1, 0.15) is 33.1 Å². The van der Waals surface area contributed by atoms with Crippen LogP contribution in [0.5, 0.6) is 5.75 Å². The van der Waals surface area contributed by atoms with Gasteiger partial charge in [0.2, 0.25) is 11.8 Å². The third-order valence-corrected chi connectivity index (χ3v) is 5.23. The van der Waals surface area contributed by atoms with E-state index in [2.05, 4.69) is 24.5 Å². The first-order valence-corrected chi connectivity index (χ1v) is 9.31. The molecule has 0 aromatic heterocycles. The first kappa shape index (κ1) is 20.2. The maximum atomic E-state index is 12.3. The van der Waals surface area contributed by atoms with Gasteiger partial charge in [0.25, 0.3) is 0 Å². The fourth-order valence-corrected chi connectivity index (χ4v) is 3.49. The lowest BCUT2D eigenvalue weighted by molar-refractivity contribution is -0.124. The van der Waals surface area contributed by atoms with Crippen LogP contribution in [-0.4, -0.2) is 50.0 Å². The van der Waals surface area contributed by atoms with E-state index in [1.807, 2.05) is 12.1 Å². The number of amides is 2. The first-order chi connectivity index (χ1) is 12.4. The molecule has 2 amide bonds. The van der Waals surface area contributed by atoms with Crippen LogP contribution < -0.4 is 15.4 Å². The summed E-state index contributed by atoms with van der Waals surface area (Å²) in [4.78, 5) is 26.2. The Kier molecular flexibility index (Phi) is 7.45. The van der Waals surface area contributed by atoms with Crippen LogP contribution >= 0.6 is 0 Å². The monoisotopic (exact) mass is 361 g/mol. The predicted molar refractivity (Wildman–Crippen MR) is 103 cm³/mol. The second-order valence-corrected chi connectivity index (χ2v) is 7.39. The van der Waals surface area contributed by atoms with Gasteiger partial charge in [-0.05, 0) is 37.4 Å². The second kappa shape index (κ2) is 9.57. The molecule has 144 valence electrons. The van der Waals surface area contributed by atoms with Crippen LogP contribution in [0.3, 0.4) is 0 Å². The molecule has 2 rings (SSSR count). The van der Waals surface area contributed by atoms with Crippen molar-refractivity contribution in [1.29, 1.82) is 0 Å². The molecule has 0 aliphatic heterocycles. The van der Waals surface area contributed by atoms with Crippen molar-refractivity contribution in [3.8, 4) is 5.75 Å². The minimum Gasteiger partial charge on any atom is -0.497 e. The fourth-order valence-electron chi connectivity index (χ4n) is 3.49. The molecule has 0 heterocycles. The summed E-state index contributed by atoms with van der Waals surface area (Å²) in [6, 6.07) is 7.44. The Morgan fingerprint density at radius 1 is 1.19 bits per heavy atom. The number of benzene rings is 1. The van der Waals surface area contributed by atoms with E-state index in [1.165, 1.54) is 6.42 Å². The number of methoxy groups -OCH3 is 1. The quantitative estimate of drug-likeness (QED) is 0.783. The molecule has 1 aromatic rings. The van der Waals surface area contributed by atoms with Gasteiger partial charge in [0.05, 0.1) is 20.2 Å². The molecule has 6 nitrogen and oxygen atoms in total. The van der Waals surface area contributed by atoms with Crippen LogP contribution in [0.2, 0.25) is 0 Å². The molecular weight excluding hydrogens is 330 g/mol. The number of rotatable bonds is 7. The Morgan fingerprint density at radius 3 is 2.65 bits per heavy atom. The van der Waals surface area contributed by atoms with Crippen molar-refractivity contribution < 1.29 is 14.3 Å². The molecule has 1 fully saturated rings. The molecule has 0 radical (unpaired) electrons. The lowest BCUT2D eigenvalue weighted by Crippen LogP contribution is -2.47. The number of carbonyl (C=O) groups excluding carboxylic acids is 2. The van der Waals surface area contributed by atoms with Gasteiger partial charge < -0.3 is 15.4 Å². The van der Waals surface area contributed by atoms with Gasteiger partial charge in [0, 0.05) is 17.8 Å². The van der Waals surface area contributed by atoms with Gasteiger partial charge in [-0.25, -0.2) is 0 Å². The van der Waals surface area contributed by atoms with Crippen LogP contribution in [0.25, 0.3) is 0 Å². The predicted octanol–water partition coefficient (Wildman–Crippen LogP) is 2.51. The Balaban J connectivity index is 1.77. The van der Waals surface area contributed by atoms with Crippen molar-refractivity contribution in [2.75, 3.05) is 32.6 Å². The Morgan fingerprint density at radius 2 is 1.92 bits per heavy atom. The zero-order valence-corrected chi connectivity index (χ0v) is 16.2. The molecule has 1 saturated carbocycles. The number of anilines is 1. The highest BCUT2D eigenvalue weighted by atomic mass is 16.5. The largest absolute Gasteiger partial charge is 0.497 e. The zero-order valence-electron chi connectivity index (χ0n) is 16.2. The summed E-state index contributed by atoms with van der Waals surface area (Å²) >= 11 is 0. The highest BCUT2D eigenvalue weighted by molar-refractivity contribution is 5.92. The second-order valence-electron chi connectivity index (χ2n) is 7.39. The maximum Gasteiger partial charge on any atom is 0.238 e. The molecule has 0 spiro atoms. The number of hydrogen-bond donors (Lipinski definition) is 2. The van der Waals surface area contributed by atoms with Crippen molar-refractivity contribution in [3.63, 3.8) is 0 Å². The van der Waals surface area contributed by atoms with Gasteiger partial charge in [-0.3, -0.25) is 14.5 Å². The molecule has 26 heavy (non-hydrogen) atoms. The third kappa shape index (κ3) is 6.02. The Labute approximate surface area is 156 Å². The molecule has 1 aliphatic carbocycles. The number of likely N-dealkylation sites (N-methyl/N-ethyl adjacent to an activating group) is 1. The molecule has 0 unspecified atom stereocenters. The van der Waals surface area contributed by atoms with Crippen LogP contribution in [-0.2, 0) is 9.59 Å². The summed E-state index contributed by atoms with van der Waals surface area (Å²) in [5.74, 6) is 1.64. The van der Waals surface area contributed by atoms with E-state index in [-0.39, 0.29) is 30.9 Å². The third-order valence-electron chi connectivity index (χ3n) is 5.23. The van der Waals surface area contributed by atoms with E-state index in [0.717, 1.165) is 12.8 Å². The topological polar surface area (TPSA) is 70.7 Å². The highest BCUT2D eigenvalue weighted by Gasteiger charge is 2.28. The lowest BCUT2D eigenvalue weighted by Gasteiger charge is -2.34. The Hall–Kier alpha value is -2.08. The standard InChI is InChI=1S/C20H31N3O3/c1-14-7-5-10-18(15(14)2)22-20(25)13-23(3)12-19(24)21-16-8-6-9-17(11-16)26-4/h6,8-9,11,14-15,18H,5,7,10,12-13H2,1-4H3,(H,21,24)(H,22,25)/t14-,15+,18+/m0/s1. The smallest absolute Gasteiger partial charge is 0.238 e. The average molecular weight is 361 g/mol. The van der Waals surface area contributed by atoms with Gasteiger partial charge >= 0.3 is 0 Å².